The highest BCUT2D eigenvalue weighted by molar-refractivity contribution is 6.30. The van der Waals surface area contributed by atoms with Gasteiger partial charge in [0.2, 0.25) is 5.91 Å². The molecule has 1 atom stereocenters. The third-order valence-corrected chi connectivity index (χ3v) is 3.50. The van der Waals surface area contributed by atoms with Gasteiger partial charge in [-0.2, -0.15) is 0 Å². The fourth-order valence-electron chi connectivity index (χ4n) is 1.96. The van der Waals surface area contributed by atoms with Crippen LogP contribution in [0.3, 0.4) is 0 Å². The van der Waals surface area contributed by atoms with Crippen molar-refractivity contribution < 1.29 is 4.79 Å². The molecule has 2 aromatic rings. The quantitative estimate of drug-likeness (QED) is 0.821. The van der Waals surface area contributed by atoms with Gasteiger partial charge in [-0.05, 0) is 35.3 Å². The van der Waals surface area contributed by atoms with E-state index in [0.717, 1.165) is 5.56 Å². The monoisotopic (exact) mass is 299 g/mol. The summed E-state index contributed by atoms with van der Waals surface area (Å²) in [6.07, 6.45) is 3.32. The van der Waals surface area contributed by atoms with Crippen LogP contribution in [-0.4, -0.2) is 12.5 Å². The number of hydrogen-bond acceptors (Lipinski definition) is 1. The molecule has 0 saturated carbocycles. The van der Waals surface area contributed by atoms with E-state index in [-0.39, 0.29) is 5.91 Å². The fraction of sp³-hybridized carbons (Fsp3) is 0.167. The molecule has 0 heterocycles. The Kier molecular flexibility index (Phi) is 5.59. The molecule has 0 spiro atoms. The molecule has 2 nitrogen and oxygen atoms in total. The van der Waals surface area contributed by atoms with E-state index in [1.807, 2.05) is 30.3 Å². The van der Waals surface area contributed by atoms with E-state index in [1.165, 1.54) is 5.56 Å². The number of halogens is 1. The summed E-state index contributed by atoms with van der Waals surface area (Å²) in [7, 11) is 0. The van der Waals surface area contributed by atoms with Crippen LogP contribution in [0.4, 0.5) is 0 Å². The molecule has 0 aromatic heterocycles. The highest BCUT2D eigenvalue weighted by Crippen LogP contribution is 2.13. The molecule has 21 heavy (non-hydrogen) atoms. The zero-order chi connectivity index (χ0) is 15.1. The number of amides is 1. The van der Waals surface area contributed by atoms with Crippen molar-refractivity contribution in [2.45, 2.75) is 12.8 Å². The lowest BCUT2D eigenvalue weighted by Crippen LogP contribution is -2.25. The lowest BCUT2D eigenvalue weighted by Gasteiger charge is -2.11. The zero-order valence-electron chi connectivity index (χ0n) is 11.9. The summed E-state index contributed by atoms with van der Waals surface area (Å²) in [6.45, 7) is 2.71. The molecule has 0 aliphatic carbocycles. The number of carbonyl (C=O) groups excluding carboxylic acids is 1. The highest BCUT2D eigenvalue weighted by atomic mass is 35.5. The van der Waals surface area contributed by atoms with Crippen LogP contribution >= 0.6 is 11.6 Å². The molecule has 2 aromatic carbocycles. The second kappa shape index (κ2) is 7.65. The van der Waals surface area contributed by atoms with Gasteiger partial charge in [0.05, 0.1) is 0 Å². The topological polar surface area (TPSA) is 29.1 Å². The van der Waals surface area contributed by atoms with Crippen LogP contribution in [-0.2, 0) is 4.79 Å². The minimum absolute atomic E-state index is 0.0901. The molecule has 0 fully saturated rings. The van der Waals surface area contributed by atoms with Gasteiger partial charge >= 0.3 is 0 Å². The Morgan fingerprint density at radius 3 is 2.48 bits per heavy atom. The second-order valence-corrected chi connectivity index (χ2v) is 5.38. The minimum atomic E-state index is -0.0901. The van der Waals surface area contributed by atoms with Crippen LogP contribution in [0, 0.1) is 0 Å². The van der Waals surface area contributed by atoms with Gasteiger partial charge in [0, 0.05) is 17.6 Å². The second-order valence-electron chi connectivity index (χ2n) is 4.94. The summed E-state index contributed by atoms with van der Waals surface area (Å²) in [5, 5.41) is 3.60. The number of carbonyl (C=O) groups is 1. The van der Waals surface area contributed by atoms with Crippen molar-refractivity contribution in [3.63, 3.8) is 0 Å². The molecule has 1 amide bonds. The summed E-state index contributed by atoms with van der Waals surface area (Å²) >= 11 is 5.81. The van der Waals surface area contributed by atoms with Gasteiger partial charge in [0.25, 0.3) is 0 Å². The van der Waals surface area contributed by atoms with Crippen molar-refractivity contribution in [1.82, 2.24) is 5.32 Å². The van der Waals surface area contributed by atoms with Crippen LogP contribution in [0.2, 0.25) is 5.02 Å². The van der Waals surface area contributed by atoms with Gasteiger partial charge in [0.15, 0.2) is 0 Å². The van der Waals surface area contributed by atoms with Crippen LogP contribution in [0.25, 0.3) is 6.08 Å². The van der Waals surface area contributed by atoms with E-state index in [9.17, 15) is 4.79 Å². The number of rotatable bonds is 5. The first-order chi connectivity index (χ1) is 10.1. The van der Waals surface area contributed by atoms with E-state index in [0.29, 0.717) is 17.5 Å². The van der Waals surface area contributed by atoms with Crippen LogP contribution < -0.4 is 5.32 Å². The summed E-state index contributed by atoms with van der Waals surface area (Å²) in [4.78, 5) is 11.8. The Morgan fingerprint density at radius 2 is 1.81 bits per heavy atom. The molecule has 1 N–H and O–H groups in total. The first kappa shape index (κ1) is 15.3. The SMILES string of the molecule is CC(CNC(=O)/C=C/c1ccc(Cl)cc1)c1ccccc1. The Bertz CT molecular complexity index is 605. The van der Waals surface area contributed by atoms with Crippen LogP contribution in [0.1, 0.15) is 24.0 Å². The predicted octanol–water partition coefficient (Wildman–Crippen LogP) is 4.27. The number of hydrogen-bond donors (Lipinski definition) is 1. The average Bonchev–Trinajstić information content (AvgIpc) is 2.53. The normalized spacial score (nSPS) is 12.3. The largest absolute Gasteiger partial charge is 0.352 e. The fourth-order valence-corrected chi connectivity index (χ4v) is 2.08. The maximum Gasteiger partial charge on any atom is 0.244 e. The molecule has 108 valence electrons. The molecule has 0 bridgehead atoms. The lowest BCUT2D eigenvalue weighted by atomic mass is 10.0. The van der Waals surface area contributed by atoms with Gasteiger partial charge in [-0.15, -0.1) is 0 Å². The molecule has 0 radical (unpaired) electrons. The van der Waals surface area contributed by atoms with Crippen molar-refractivity contribution in [2.75, 3.05) is 6.54 Å². The smallest absolute Gasteiger partial charge is 0.244 e. The standard InChI is InChI=1S/C18H18ClNO/c1-14(16-5-3-2-4-6-16)13-20-18(21)12-9-15-7-10-17(19)11-8-15/h2-12,14H,13H2,1H3,(H,20,21)/b12-9+. The maximum absolute atomic E-state index is 11.8. The Balaban J connectivity index is 1.83. The number of benzene rings is 2. The highest BCUT2D eigenvalue weighted by Gasteiger charge is 2.05. The maximum atomic E-state index is 11.8. The lowest BCUT2D eigenvalue weighted by molar-refractivity contribution is -0.116. The number of nitrogens with one attached hydrogen (secondary N) is 1. The predicted molar refractivity (Wildman–Crippen MR) is 88.4 cm³/mol. The molecule has 2 rings (SSSR count). The Labute approximate surface area is 130 Å². The average molecular weight is 300 g/mol. The first-order valence-corrected chi connectivity index (χ1v) is 7.29. The molecular formula is C18H18ClNO. The van der Waals surface area contributed by atoms with Crippen LogP contribution in [0.15, 0.2) is 60.7 Å². The van der Waals surface area contributed by atoms with Gasteiger partial charge in [-0.3, -0.25) is 4.79 Å². The summed E-state index contributed by atoms with van der Waals surface area (Å²) in [6, 6.07) is 17.5. The van der Waals surface area contributed by atoms with Crippen molar-refractivity contribution >= 4 is 23.6 Å². The van der Waals surface area contributed by atoms with Crippen molar-refractivity contribution in [3.05, 3.63) is 76.8 Å². The molecule has 3 heteroatoms. The summed E-state index contributed by atoms with van der Waals surface area (Å²) in [5.41, 5.74) is 2.17. The molecular weight excluding hydrogens is 282 g/mol. The van der Waals surface area contributed by atoms with Crippen LogP contribution in [0.5, 0.6) is 0 Å². The third kappa shape index (κ3) is 5.09. The summed E-state index contributed by atoms with van der Waals surface area (Å²) < 4.78 is 0. The first-order valence-electron chi connectivity index (χ1n) is 6.91. The van der Waals surface area contributed by atoms with Crippen molar-refractivity contribution in [1.29, 1.82) is 0 Å². The Hall–Kier alpha value is -2.06. The molecule has 0 aliphatic rings. The van der Waals surface area contributed by atoms with Gasteiger partial charge in [-0.1, -0.05) is 61.0 Å². The minimum Gasteiger partial charge on any atom is -0.352 e. The van der Waals surface area contributed by atoms with E-state index in [1.54, 1.807) is 24.3 Å². The van der Waals surface area contributed by atoms with E-state index in [4.69, 9.17) is 11.6 Å². The van der Waals surface area contributed by atoms with E-state index in [2.05, 4.69) is 24.4 Å². The molecule has 1 unspecified atom stereocenters. The van der Waals surface area contributed by atoms with Crippen molar-refractivity contribution in [3.8, 4) is 0 Å². The zero-order valence-corrected chi connectivity index (χ0v) is 12.7. The van der Waals surface area contributed by atoms with Crippen molar-refractivity contribution in [2.24, 2.45) is 0 Å². The third-order valence-electron chi connectivity index (χ3n) is 3.25. The van der Waals surface area contributed by atoms with Gasteiger partial charge in [-0.25, -0.2) is 0 Å². The summed E-state index contributed by atoms with van der Waals surface area (Å²) in [5.74, 6) is 0.201. The molecule has 0 saturated heterocycles. The van der Waals surface area contributed by atoms with Gasteiger partial charge < -0.3 is 5.32 Å². The van der Waals surface area contributed by atoms with Gasteiger partial charge in [0.1, 0.15) is 0 Å². The molecule has 0 aliphatic heterocycles. The Morgan fingerprint density at radius 1 is 1.14 bits per heavy atom. The van der Waals surface area contributed by atoms with E-state index < -0.39 is 0 Å². The van der Waals surface area contributed by atoms with E-state index >= 15 is 0 Å².